The van der Waals surface area contributed by atoms with Crippen LogP contribution in [0.4, 0.5) is 0 Å². The molecule has 4 heteroatoms. The van der Waals surface area contributed by atoms with Crippen LogP contribution in [0.1, 0.15) is 21.5 Å². The van der Waals surface area contributed by atoms with Crippen molar-refractivity contribution in [3.63, 3.8) is 0 Å². The van der Waals surface area contributed by atoms with Gasteiger partial charge in [0, 0.05) is 11.8 Å². The lowest BCUT2D eigenvalue weighted by molar-refractivity contribution is 0.0729. The highest BCUT2D eigenvalue weighted by Gasteiger charge is 2.19. The Hall–Kier alpha value is -3.40. The van der Waals surface area contributed by atoms with Crippen molar-refractivity contribution in [1.82, 2.24) is 4.98 Å². The molecule has 0 bridgehead atoms. The van der Waals surface area contributed by atoms with Crippen LogP contribution < -0.4 is 9.47 Å². The fraction of sp³-hybridized carbons (Fsp3) is 0.0476. The van der Waals surface area contributed by atoms with Gasteiger partial charge in [-0.25, -0.2) is 4.79 Å². The highest BCUT2D eigenvalue weighted by atomic mass is 16.5. The fourth-order valence-electron chi connectivity index (χ4n) is 2.32. The number of rotatable bonds is 6. The number of hydrogen-bond donors (Lipinski definition) is 0. The third kappa shape index (κ3) is 4.12. The highest BCUT2D eigenvalue weighted by molar-refractivity contribution is 5.97. The minimum Gasteiger partial charge on any atom is -0.486 e. The van der Waals surface area contributed by atoms with E-state index in [2.05, 4.69) is 11.6 Å². The van der Waals surface area contributed by atoms with Gasteiger partial charge in [-0.3, -0.25) is 4.98 Å². The van der Waals surface area contributed by atoms with Crippen molar-refractivity contribution in [2.45, 2.75) is 6.61 Å². The molecule has 0 aliphatic rings. The summed E-state index contributed by atoms with van der Waals surface area (Å²) in [6.45, 7) is 4.07. The van der Waals surface area contributed by atoms with E-state index in [-0.39, 0.29) is 0 Å². The van der Waals surface area contributed by atoms with Crippen LogP contribution in [0.2, 0.25) is 0 Å². The van der Waals surface area contributed by atoms with Gasteiger partial charge in [0.15, 0.2) is 5.75 Å². The quantitative estimate of drug-likeness (QED) is 0.492. The van der Waals surface area contributed by atoms with Gasteiger partial charge in [-0.05, 0) is 17.7 Å². The van der Waals surface area contributed by atoms with Gasteiger partial charge in [0.1, 0.15) is 17.9 Å². The predicted molar refractivity (Wildman–Crippen MR) is 96.5 cm³/mol. The molecule has 0 radical (unpaired) electrons. The van der Waals surface area contributed by atoms with Gasteiger partial charge in [0.05, 0.1) is 6.20 Å². The first-order valence-electron chi connectivity index (χ1n) is 7.82. The molecule has 0 N–H and O–H groups in total. The summed E-state index contributed by atoms with van der Waals surface area (Å²) in [5.74, 6) is 0.321. The molecule has 0 atom stereocenters. The van der Waals surface area contributed by atoms with Crippen LogP contribution in [0.5, 0.6) is 11.5 Å². The van der Waals surface area contributed by atoms with Gasteiger partial charge in [-0.1, -0.05) is 61.2 Å². The second kappa shape index (κ2) is 7.93. The third-order valence-electron chi connectivity index (χ3n) is 3.56. The molecule has 25 heavy (non-hydrogen) atoms. The number of benzene rings is 2. The van der Waals surface area contributed by atoms with Crippen molar-refractivity contribution < 1.29 is 14.3 Å². The maximum Gasteiger partial charge on any atom is 0.348 e. The minimum atomic E-state index is -0.508. The maximum atomic E-state index is 12.6. The van der Waals surface area contributed by atoms with Crippen LogP contribution in [-0.2, 0) is 6.61 Å². The zero-order chi connectivity index (χ0) is 17.5. The average molecular weight is 331 g/mol. The molecule has 0 saturated heterocycles. The number of nitrogens with zero attached hydrogens (tertiary/aromatic N) is 1. The van der Waals surface area contributed by atoms with Gasteiger partial charge < -0.3 is 9.47 Å². The summed E-state index contributed by atoms with van der Waals surface area (Å²) in [6, 6.07) is 18.6. The molecular formula is C21H17NO3. The molecule has 0 amide bonds. The highest BCUT2D eigenvalue weighted by Crippen LogP contribution is 2.25. The molecule has 0 unspecified atom stereocenters. The smallest absolute Gasteiger partial charge is 0.348 e. The Labute approximate surface area is 146 Å². The number of carbonyl (C=O) groups excluding carboxylic acids is 1. The van der Waals surface area contributed by atoms with Crippen LogP contribution in [0, 0.1) is 0 Å². The van der Waals surface area contributed by atoms with Crippen molar-refractivity contribution in [1.29, 1.82) is 0 Å². The van der Waals surface area contributed by atoms with Crippen LogP contribution in [-0.4, -0.2) is 11.0 Å². The van der Waals surface area contributed by atoms with Gasteiger partial charge in [-0.15, -0.1) is 0 Å². The topological polar surface area (TPSA) is 48.4 Å². The molecule has 0 aliphatic heterocycles. The zero-order valence-electron chi connectivity index (χ0n) is 13.6. The molecule has 1 heterocycles. The van der Waals surface area contributed by atoms with Crippen molar-refractivity contribution in [2.75, 3.05) is 0 Å². The lowest BCUT2D eigenvalue weighted by Gasteiger charge is -2.13. The van der Waals surface area contributed by atoms with Crippen molar-refractivity contribution in [2.24, 2.45) is 0 Å². The Balaban J connectivity index is 1.86. The third-order valence-corrected chi connectivity index (χ3v) is 3.56. The zero-order valence-corrected chi connectivity index (χ0v) is 13.6. The number of aromatic nitrogens is 1. The van der Waals surface area contributed by atoms with Gasteiger partial charge in [-0.2, -0.15) is 0 Å². The van der Waals surface area contributed by atoms with E-state index in [0.29, 0.717) is 29.2 Å². The lowest BCUT2D eigenvalue weighted by atomic mass is 10.1. The number of hydrogen-bond acceptors (Lipinski definition) is 4. The van der Waals surface area contributed by atoms with Crippen LogP contribution in [0.15, 0.2) is 79.6 Å². The molecule has 1 aromatic heterocycles. The number of esters is 1. The minimum absolute atomic E-state index is 0.310. The Morgan fingerprint density at radius 1 is 1.00 bits per heavy atom. The van der Waals surface area contributed by atoms with E-state index in [4.69, 9.17) is 9.47 Å². The number of pyridine rings is 1. The molecule has 3 rings (SSSR count). The SMILES string of the molecule is C=Cc1cncc(OCc2ccccc2)c1C(=O)Oc1ccccc1. The molecule has 2 aromatic carbocycles. The molecule has 0 saturated carbocycles. The average Bonchev–Trinajstić information content (AvgIpc) is 2.67. The Morgan fingerprint density at radius 2 is 1.68 bits per heavy atom. The first kappa shape index (κ1) is 16.5. The molecule has 0 fully saturated rings. The summed E-state index contributed by atoms with van der Waals surface area (Å²) in [5.41, 5.74) is 1.87. The molecule has 124 valence electrons. The molecular weight excluding hydrogens is 314 g/mol. The van der Waals surface area contributed by atoms with Crippen molar-refractivity contribution in [3.8, 4) is 11.5 Å². The second-order valence-electron chi connectivity index (χ2n) is 5.28. The summed E-state index contributed by atoms with van der Waals surface area (Å²) >= 11 is 0. The molecule has 0 spiro atoms. The first-order valence-corrected chi connectivity index (χ1v) is 7.82. The van der Waals surface area contributed by atoms with Crippen LogP contribution in [0.3, 0.4) is 0 Å². The number of carbonyl (C=O) groups is 1. The van der Waals surface area contributed by atoms with Crippen LogP contribution in [0.25, 0.3) is 6.08 Å². The fourth-order valence-corrected chi connectivity index (χ4v) is 2.32. The van der Waals surface area contributed by atoms with Gasteiger partial charge >= 0.3 is 5.97 Å². The standard InChI is InChI=1S/C21H17NO3/c1-2-17-13-22-14-19(24-15-16-9-5-3-6-10-16)20(17)21(23)25-18-11-7-4-8-12-18/h2-14H,1,15H2. The second-order valence-corrected chi connectivity index (χ2v) is 5.28. The van der Waals surface area contributed by atoms with E-state index in [0.717, 1.165) is 5.56 Å². The monoisotopic (exact) mass is 331 g/mol. The summed E-state index contributed by atoms with van der Waals surface area (Å²) < 4.78 is 11.3. The normalized spacial score (nSPS) is 10.1. The number of para-hydroxylation sites is 1. The largest absolute Gasteiger partial charge is 0.486 e. The first-order chi connectivity index (χ1) is 12.3. The van der Waals surface area contributed by atoms with Crippen LogP contribution >= 0.6 is 0 Å². The van der Waals surface area contributed by atoms with Gasteiger partial charge in [0.25, 0.3) is 0 Å². The van der Waals surface area contributed by atoms with E-state index < -0.39 is 5.97 Å². The predicted octanol–water partition coefficient (Wildman–Crippen LogP) is 4.52. The molecule has 4 nitrogen and oxygen atoms in total. The lowest BCUT2D eigenvalue weighted by Crippen LogP contribution is -2.13. The maximum absolute atomic E-state index is 12.6. The van der Waals surface area contributed by atoms with E-state index in [1.807, 2.05) is 36.4 Å². The summed E-state index contributed by atoms with van der Waals surface area (Å²) in [6.07, 6.45) is 4.63. The molecule has 0 aliphatic carbocycles. The molecule has 3 aromatic rings. The summed E-state index contributed by atoms with van der Waals surface area (Å²) in [4.78, 5) is 16.8. The van der Waals surface area contributed by atoms with Crippen molar-refractivity contribution in [3.05, 3.63) is 96.3 Å². The summed E-state index contributed by atoms with van der Waals surface area (Å²) in [7, 11) is 0. The van der Waals surface area contributed by atoms with E-state index in [9.17, 15) is 4.79 Å². The van der Waals surface area contributed by atoms with E-state index in [1.54, 1.807) is 36.5 Å². The number of ether oxygens (including phenoxy) is 2. The van der Waals surface area contributed by atoms with Gasteiger partial charge in [0.2, 0.25) is 0 Å². The van der Waals surface area contributed by atoms with E-state index in [1.165, 1.54) is 6.20 Å². The Bertz CT molecular complexity index is 861. The summed E-state index contributed by atoms with van der Waals surface area (Å²) in [5, 5.41) is 0. The van der Waals surface area contributed by atoms with E-state index >= 15 is 0 Å². The Kier molecular flexibility index (Phi) is 5.22. The van der Waals surface area contributed by atoms with Crippen molar-refractivity contribution >= 4 is 12.0 Å². The Morgan fingerprint density at radius 3 is 2.36 bits per heavy atom.